The number of hydrogen-bond donors (Lipinski definition) is 2. The Hall–Kier alpha value is 0.326. The zero-order valence-electron chi connectivity index (χ0n) is 8.91. The number of benzene rings is 1. The van der Waals surface area contributed by atoms with Gasteiger partial charge in [-0.3, -0.25) is 30.3 Å². The van der Waals surface area contributed by atoms with Gasteiger partial charge in [-0.15, -0.1) is 0 Å². The van der Waals surface area contributed by atoms with E-state index in [0.29, 0.717) is 0 Å². The Morgan fingerprint density at radius 1 is 1.00 bits per heavy atom. The molecule has 1 aliphatic carbocycles. The van der Waals surface area contributed by atoms with Crippen LogP contribution in [0.2, 0.25) is 0 Å². The summed E-state index contributed by atoms with van der Waals surface area (Å²) in [6.07, 6.45) is 10.5. The third-order valence-electron chi connectivity index (χ3n) is 1.81. The molecule has 2 N–H and O–H groups in total. The van der Waals surface area contributed by atoms with E-state index in [1.807, 2.05) is 0 Å². The van der Waals surface area contributed by atoms with E-state index in [2.05, 4.69) is 24.3 Å². The number of aromatic hydroxyl groups is 2. The molecule has 2 nitrogen and oxygen atoms in total. The maximum Gasteiger partial charge on any atom is 0 e. The Morgan fingerprint density at radius 2 is 1.56 bits per heavy atom. The molecule has 86 valence electrons. The van der Waals surface area contributed by atoms with Crippen LogP contribution < -0.4 is 0 Å². The first-order chi connectivity index (χ1) is 6.80. The van der Waals surface area contributed by atoms with E-state index < -0.39 is 0 Å². The van der Waals surface area contributed by atoms with Crippen LogP contribution in [-0.4, -0.2) is 10.2 Å². The minimum Gasteiger partial charge on any atom is -0.588 e. The molecule has 2 radical (unpaired) electrons. The number of hydrogen-bond acceptors (Lipinski definition) is 2. The maximum atomic E-state index is 8.58. The molecule has 0 saturated heterocycles. The fraction of sp³-hybridized carbons (Fsp3) is 0.333. The summed E-state index contributed by atoms with van der Waals surface area (Å²) < 4.78 is 0. The standard InChI is InChI=1S/C6H4O2.C6H9.Re.Y/c7-5-3-1-2-4-6(5)8;1-2-4-6-5-3-1;;/h1-2,7-8H;1H,2,4-6H2;;/q-2;-1;;. The maximum absolute atomic E-state index is 8.58. The van der Waals surface area contributed by atoms with E-state index in [0.717, 1.165) is 0 Å². The first-order valence-electron chi connectivity index (χ1n) is 4.66. The number of allylic oxidation sites excluding steroid dienone is 2. The van der Waals surface area contributed by atoms with Crippen LogP contribution in [0.3, 0.4) is 0 Å². The van der Waals surface area contributed by atoms with Gasteiger partial charge in [-0.05, 0) is 0 Å². The molecule has 0 fully saturated rings. The number of rotatable bonds is 0. The normalized spacial score (nSPS) is 12.5. The van der Waals surface area contributed by atoms with Crippen molar-refractivity contribution in [2.45, 2.75) is 25.7 Å². The zero-order valence-corrected chi connectivity index (χ0v) is 14.5. The molecular formula is C12H13O2ReY-3. The van der Waals surface area contributed by atoms with Crippen molar-refractivity contribution < 1.29 is 63.3 Å². The second-order valence-corrected chi connectivity index (χ2v) is 2.97. The molecule has 0 aromatic heterocycles. The molecule has 0 aliphatic heterocycles. The summed E-state index contributed by atoms with van der Waals surface area (Å²) in [7, 11) is 0. The summed E-state index contributed by atoms with van der Waals surface area (Å²) in [6.45, 7) is 0. The Kier molecular flexibility index (Phi) is 13.8. The smallest absolute Gasteiger partial charge is 0 e. The minimum atomic E-state index is -0.257. The summed E-state index contributed by atoms with van der Waals surface area (Å²) in [4.78, 5) is 0. The topological polar surface area (TPSA) is 40.5 Å². The van der Waals surface area contributed by atoms with Gasteiger partial charge in [0.2, 0.25) is 0 Å². The molecule has 1 aromatic rings. The quantitative estimate of drug-likeness (QED) is 0.458. The van der Waals surface area contributed by atoms with E-state index in [1.165, 1.54) is 37.8 Å². The van der Waals surface area contributed by atoms with Crippen molar-refractivity contribution in [1.29, 1.82) is 0 Å². The van der Waals surface area contributed by atoms with Crippen LogP contribution in [0.15, 0.2) is 18.2 Å². The van der Waals surface area contributed by atoms with Gasteiger partial charge in [-0.25, -0.2) is 0 Å². The van der Waals surface area contributed by atoms with Crippen LogP contribution in [0.1, 0.15) is 25.7 Å². The van der Waals surface area contributed by atoms with Gasteiger partial charge >= 0.3 is 0 Å². The second kappa shape index (κ2) is 11.8. The summed E-state index contributed by atoms with van der Waals surface area (Å²) >= 11 is 0. The molecule has 0 atom stereocenters. The third-order valence-corrected chi connectivity index (χ3v) is 1.81. The average molecular weight is 464 g/mol. The molecule has 4 heteroatoms. The van der Waals surface area contributed by atoms with Crippen LogP contribution in [-0.2, 0) is 53.1 Å². The monoisotopic (exact) mass is 465 g/mol. The van der Waals surface area contributed by atoms with Crippen molar-refractivity contribution in [3.05, 3.63) is 36.4 Å². The van der Waals surface area contributed by atoms with E-state index in [-0.39, 0.29) is 64.6 Å². The van der Waals surface area contributed by atoms with Gasteiger partial charge in [0, 0.05) is 53.1 Å². The van der Waals surface area contributed by atoms with Crippen LogP contribution in [0.25, 0.3) is 0 Å². The van der Waals surface area contributed by atoms with Crippen LogP contribution >= 0.6 is 0 Å². The second-order valence-electron chi connectivity index (χ2n) is 2.97. The summed E-state index contributed by atoms with van der Waals surface area (Å²) in [5, 5.41) is 17.2. The molecule has 0 bridgehead atoms. The average Bonchev–Trinajstić information content (AvgIpc) is 2.26. The molecule has 1 aromatic carbocycles. The zero-order chi connectivity index (χ0) is 10.2. The van der Waals surface area contributed by atoms with Crippen LogP contribution in [0, 0.1) is 18.2 Å². The van der Waals surface area contributed by atoms with Crippen molar-refractivity contribution in [3.8, 4) is 11.5 Å². The molecule has 16 heavy (non-hydrogen) atoms. The predicted molar refractivity (Wildman–Crippen MR) is 53.7 cm³/mol. The van der Waals surface area contributed by atoms with E-state index in [4.69, 9.17) is 10.2 Å². The van der Waals surface area contributed by atoms with Crippen LogP contribution in [0.4, 0.5) is 0 Å². The first-order valence-corrected chi connectivity index (χ1v) is 4.66. The Bertz CT molecular complexity index is 274. The molecule has 0 heterocycles. The van der Waals surface area contributed by atoms with Gasteiger partial charge in [0.1, 0.15) is 0 Å². The molecule has 0 amide bonds. The first kappa shape index (κ1) is 18.7. The van der Waals surface area contributed by atoms with E-state index in [1.54, 1.807) is 0 Å². The molecule has 1 aliphatic rings. The minimum absolute atomic E-state index is 0. The largest absolute Gasteiger partial charge is 0.588 e. The van der Waals surface area contributed by atoms with E-state index in [9.17, 15) is 0 Å². The molecular weight excluding hydrogens is 451 g/mol. The molecule has 0 saturated carbocycles. The van der Waals surface area contributed by atoms with Crippen molar-refractivity contribution in [2.24, 2.45) is 0 Å². The fourth-order valence-electron chi connectivity index (χ4n) is 1.06. The van der Waals surface area contributed by atoms with Crippen molar-refractivity contribution in [3.63, 3.8) is 0 Å². The van der Waals surface area contributed by atoms with E-state index >= 15 is 0 Å². The van der Waals surface area contributed by atoms with Crippen molar-refractivity contribution in [2.75, 3.05) is 0 Å². The van der Waals surface area contributed by atoms with Gasteiger partial charge < -0.3 is 16.3 Å². The molecule has 0 unspecified atom stereocenters. The number of phenolic OH excluding ortho intramolecular Hbond substituents is 2. The van der Waals surface area contributed by atoms with Crippen molar-refractivity contribution >= 4 is 0 Å². The summed E-state index contributed by atoms with van der Waals surface area (Å²) in [5.41, 5.74) is 0. The van der Waals surface area contributed by atoms with Gasteiger partial charge in [0.25, 0.3) is 0 Å². The third kappa shape index (κ3) is 8.47. The van der Waals surface area contributed by atoms with Crippen molar-refractivity contribution in [1.82, 2.24) is 0 Å². The Labute approximate surface area is 136 Å². The number of phenols is 2. The molecule has 0 spiro atoms. The van der Waals surface area contributed by atoms with Crippen LogP contribution in [0.5, 0.6) is 11.5 Å². The van der Waals surface area contributed by atoms with Gasteiger partial charge in [-0.1, -0.05) is 30.8 Å². The van der Waals surface area contributed by atoms with Gasteiger partial charge in [0.05, 0.1) is 0 Å². The molecule has 2 rings (SSSR count). The summed E-state index contributed by atoms with van der Waals surface area (Å²) in [6, 6.07) is 7.68. The SMILES string of the molecule is Oc1[c-]cc[c-]c1O.[C-]1=CCCCC1.[Re].[Y]. The predicted octanol–water partition coefficient (Wildman–Crippen LogP) is 2.61. The fourth-order valence-corrected chi connectivity index (χ4v) is 1.06. The Morgan fingerprint density at radius 3 is 1.75 bits per heavy atom. The van der Waals surface area contributed by atoms with Gasteiger partial charge in [0.15, 0.2) is 0 Å². The summed E-state index contributed by atoms with van der Waals surface area (Å²) in [5.74, 6) is -0.514. The Balaban J connectivity index is 0. The van der Waals surface area contributed by atoms with Gasteiger partial charge in [-0.2, -0.15) is 6.42 Å².